The molecule has 0 aliphatic heterocycles. The first kappa shape index (κ1) is 11.2. The summed E-state index contributed by atoms with van der Waals surface area (Å²) < 4.78 is 1.84. The van der Waals surface area contributed by atoms with Gasteiger partial charge in [-0.1, -0.05) is 11.6 Å². The van der Waals surface area contributed by atoms with Crippen LogP contribution >= 0.6 is 11.6 Å². The lowest BCUT2D eigenvalue weighted by molar-refractivity contribution is 0.272. The van der Waals surface area contributed by atoms with E-state index >= 15 is 0 Å². The van der Waals surface area contributed by atoms with Crippen LogP contribution in [0.3, 0.4) is 0 Å². The van der Waals surface area contributed by atoms with Crippen molar-refractivity contribution in [3.63, 3.8) is 0 Å². The van der Waals surface area contributed by atoms with Crippen molar-refractivity contribution in [2.45, 2.75) is 13.2 Å². The molecule has 3 nitrogen and oxygen atoms in total. The molecule has 16 heavy (non-hydrogen) atoms. The van der Waals surface area contributed by atoms with E-state index in [0.29, 0.717) is 5.02 Å². The fourth-order valence-electron chi connectivity index (χ4n) is 1.70. The number of aliphatic hydroxyl groups is 2. The average Bonchev–Trinajstić information content (AvgIpc) is 2.76. The molecule has 0 saturated heterocycles. The van der Waals surface area contributed by atoms with E-state index in [1.54, 1.807) is 12.1 Å². The Hall–Kier alpha value is -1.29. The molecule has 0 radical (unpaired) electrons. The Bertz CT molecular complexity index is 494. The topological polar surface area (TPSA) is 45.4 Å². The van der Waals surface area contributed by atoms with Gasteiger partial charge in [-0.2, -0.15) is 0 Å². The average molecular weight is 238 g/mol. The fraction of sp³-hybridized carbons (Fsp3) is 0.167. The van der Waals surface area contributed by atoms with Gasteiger partial charge >= 0.3 is 0 Å². The van der Waals surface area contributed by atoms with Gasteiger partial charge < -0.3 is 14.8 Å². The summed E-state index contributed by atoms with van der Waals surface area (Å²) in [6.45, 7) is -0.126. The number of hydrogen-bond donors (Lipinski definition) is 2. The number of nitrogens with zero attached hydrogens (tertiary/aromatic N) is 1. The van der Waals surface area contributed by atoms with Crippen LogP contribution in [0.25, 0.3) is 5.69 Å². The first-order valence-electron chi connectivity index (χ1n) is 4.93. The monoisotopic (exact) mass is 237 g/mol. The highest BCUT2D eigenvalue weighted by atomic mass is 35.5. The third-order valence-corrected chi connectivity index (χ3v) is 2.70. The van der Waals surface area contributed by atoms with Crippen molar-refractivity contribution in [2.75, 3.05) is 0 Å². The molecule has 0 atom stereocenters. The van der Waals surface area contributed by atoms with Crippen molar-refractivity contribution >= 4 is 11.6 Å². The van der Waals surface area contributed by atoms with Crippen molar-refractivity contribution in [2.24, 2.45) is 0 Å². The molecule has 0 fully saturated rings. The van der Waals surface area contributed by atoms with Gasteiger partial charge in [0.25, 0.3) is 0 Å². The van der Waals surface area contributed by atoms with Crippen molar-refractivity contribution in [1.29, 1.82) is 0 Å². The molecule has 4 heteroatoms. The maximum atomic E-state index is 9.27. The third-order valence-electron chi connectivity index (χ3n) is 2.47. The van der Waals surface area contributed by atoms with Crippen LogP contribution in [0, 0.1) is 0 Å². The van der Waals surface area contributed by atoms with Gasteiger partial charge in [-0.3, -0.25) is 0 Å². The number of hydrogen-bond acceptors (Lipinski definition) is 2. The summed E-state index contributed by atoms with van der Waals surface area (Å²) in [7, 11) is 0. The molecular weight excluding hydrogens is 226 g/mol. The van der Waals surface area contributed by atoms with Crippen molar-refractivity contribution in [1.82, 2.24) is 4.57 Å². The molecule has 0 spiro atoms. The highest BCUT2D eigenvalue weighted by molar-refractivity contribution is 6.30. The molecule has 0 aliphatic rings. The Morgan fingerprint density at radius 3 is 2.62 bits per heavy atom. The van der Waals surface area contributed by atoms with E-state index in [-0.39, 0.29) is 13.2 Å². The van der Waals surface area contributed by atoms with Crippen molar-refractivity contribution in [3.05, 3.63) is 52.8 Å². The van der Waals surface area contributed by atoms with Gasteiger partial charge in [0.2, 0.25) is 0 Å². The quantitative estimate of drug-likeness (QED) is 0.859. The zero-order valence-corrected chi connectivity index (χ0v) is 9.35. The first-order chi connectivity index (χ1) is 7.76. The predicted molar refractivity (Wildman–Crippen MR) is 62.6 cm³/mol. The second kappa shape index (κ2) is 4.70. The number of aliphatic hydroxyl groups excluding tert-OH is 2. The molecule has 2 aromatic rings. The van der Waals surface area contributed by atoms with Crippen LogP contribution in [0.1, 0.15) is 11.3 Å². The summed E-state index contributed by atoms with van der Waals surface area (Å²) in [5.41, 5.74) is 2.34. The lowest BCUT2D eigenvalue weighted by Crippen LogP contribution is -2.02. The molecule has 2 rings (SSSR count). The highest BCUT2D eigenvalue weighted by Gasteiger charge is 2.07. The van der Waals surface area contributed by atoms with Crippen LogP contribution in [0.15, 0.2) is 36.5 Å². The molecule has 1 aromatic carbocycles. The summed E-state index contributed by atoms with van der Waals surface area (Å²) in [6.07, 6.45) is 1.84. The zero-order chi connectivity index (χ0) is 11.5. The van der Waals surface area contributed by atoms with E-state index in [1.807, 2.05) is 29.0 Å². The molecule has 1 aromatic heterocycles. The Kier molecular flexibility index (Phi) is 3.29. The molecule has 2 N–H and O–H groups in total. The van der Waals surface area contributed by atoms with Crippen LogP contribution in [-0.2, 0) is 13.2 Å². The lowest BCUT2D eigenvalue weighted by atomic mass is 10.2. The number of rotatable bonds is 3. The van der Waals surface area contributed by atoms with E-state index < -0.39 is 0 Å². The molecule has 0 aliphatic carbocycles. The van der Waals surface area contributed by atoms with Gasteiger partial charge in [0.15, 0.2) is 0 Å². The van der Waals surface area contributed by atoms with E-state index in [4.69, 9.17) is 11.6 Å². The standard InChI is InChI=1S/C12H12ClNO2/c13-10-3-4-12(9(6-10)7-15)14-5-1-2-11(14)8-16/h1-6,15-16H,7-8H2. The summed E-state index contributed by atoms with van der Waals surface area (Å²) in [6, 6.07) is 8.99. The summed E-state index contributed by atoms with van der Waals surface area (Å²) >= 11 is 5.86. The summed E-state index contributed by atoms with van der Waals surface area (Å²) in [5, 5.41) is 19.0. The number of benzene rings is 1. The molecule has 0 bridgehead atoms. The number of aromatic nitrogens is 1. The summed E-state index contributed by atoms with van der Waals surface area (Å²) in [4.78, 5) is 0. The Morgan fingerprint density at radius 2 is 1.94 bits per heavy atom. The zero-order valence-electron chi connectivity index (χ0n) is 8.60. The van der Waals surface area contributed by atoms with Crippen LogP contribution in [-0.4, -0.2) is 14.8 Å². The predicted octanol–water partition coefficient (Wildman–Crippen LogP) is 2.12. The largest absolute Gasteiger partial charge is 0.392 e. The normalized spacial score (nSPS) is 10.7. The molecule has 1 heterocycles. The van der Waals surface area contributed by atoms with Crippen molar-refractivity contribution < 1.29 is 10.2 Å². The van der Waals surface area contributed by atoms with Gasteiger partial charge in [0, 0.05) is 22.5 Å². The second-order valence-corrected chi connectivity index (χ2v) is 3.90. The molecule has 0 saturated carbocycles. The second-order valence-electron chi connectivity index (χ2n) is 3.46. The minimum absolute atomic E-state index is 0.0412. The van der Waals surface area contributed by atoms with Crippen LogP contribution in [0.4, 0.5) is 0 Å². The summed E-state index contributed by atoms with van der Waals surface area (Å²) in [5.74, 6) is 0. The van der Waals surface area contributed by atoms with Gasteiger partial charge in [-0.15, -0.1) is 0 Å². The maximum Gasteiger partial charge on any atom is 0.0836 e. The highest BCUT2D eigenvalue weighted by Crippen LogP contribution is 2.21. The van der Waals surface area contributed by atoms with Gasteiger partial charge in [-0.05, 0) is 30.3 Å². The fourth-order valence-corrected chi connectivity index (χ4v) is 1.89. The van der Waals surface area contributed by atoms with E-state index in [1.165, 1.54) is 0 Å². The minimum Gasteiger partial charge on any atom is -0.392 e. The van der Waals surface area contributed by atoms with E-state index in [9.17, 15) is 10.2 Å². The van der Waals surface area contributed by atoms with Gasteiger partial charge in [0.1, 0.15) is 0 Å². The molecule has 84 valence electrons. The van der Waals surface area contributed by atoms with Crippen LogP contribution in [0.2, 0.25) is 5.02 Å². The van der Waals surface area contributed by atoms with Crippen LogP contribution in [0.5, 0.6) is 0 Å². The Balaban J connectivity index is 2.55. The van der Waals surface area contributed by atoms with Gasteiger partial charge in [-0.25, -0.2) is 0 Å². The molecule has 0 amide bonds. The minimum atomic E-state index is -0.0844. The number of halogens is 1. The first-order valence-corrected chi connectivity index (χ1v) is 5.31. The Morgan fingerprint density at radius 1 is 1.12 bits per heavy atom. The van der Waals surface area contributed by atoms with E-state index in [2.05, 4.69) is 0 Å². The van der Waals surface area contributed by atoms with Crippen LogP contribution < -0.4 is 0 Å². The lowest BCUT2D eigenvalue weighted by Gasteiger charge is -2.12. The molecular formula is C12H12ClNO2. The van der Waals surface area contributed by atoms with E-state index in [0.717, 1.165) is 16.9 Å². The van der Waals surface area contributed by atoms with Crippen molar-refractivity contribution in [3.8, 4) is 5.69 Å². The third kappa shape index (κ3) is 1.97. The smallest absolute Gasteiger partial charge is 0.0836 e. The Labute approximate surface area is 98.5 Å². The molecule has 0 unspecified atom stereocenters. The SMILES string of the molecule is OCc1cc(Cl)ccc1-n1cccc1CO. The van der Waals surface area contributed by atoms with Gasteiger partial charge in [0.05, 0.1) is 18.9 Å². The maximum absolute atomic E-state index is 9.27.